The maximum Gasteiger partial charge on any atom is 0.411 e. The molecular formula is C17H17ClFNO3. The lowest BCUT2D eigenvalue weighted by Crippen LogP contribution is -2.14. The van der Waals surface area contributed by atoms with Crippen LogP contribution in [0.3, 0.4) is 0 Å². The van der Waals surface area contributed by atoms with Crippen LogP contribution in [0, 0.1) is 19.7 Å². The molecule has 23 heavy (non-hydrogen) atoms. The third-order valence-corrected chi connectivity index (χ3v) is 3.76. The zero-order valence-corrected chi connectivity index (χ0v) is 13.8. The third kappa shape index (κ3) is 4.13. The number of nitrogens with one attached hydrogen (secondary N) is 1. The van der Waals surface area contributed by atoms with E-state index in [1.807, 2.05) is 13.8 Å². The monoisotopic (exact) mass is 337 g/mol. The fourth-order valence-electron chi connectivity index (χ4n) is 2.00. The molecule has 0 aliphatic rings. The molecule has 0 bridgehead atoms. The topological polar surface area (TPSA) is 47.6 Å². The van der Waals surface area contributed by atoms with Crippen molar-refractivity contribution in [3.63, 3.8) is 0 Å². The minimum atomic E-state index is -0.680. The predicted octanol–water partition coefficient (Wildman–Crippen LogP) is 4.85. The van der Waals surface area contributed by atoms with Crippen molar-refractivity contribution in [3.05, 3.63) is 57.9 Å². The Balaban J connectivity index is 2.23. The van der Waals surface area contributed by atoms with Crippen molar-refractivity contribution in [1.82, 2.24) is 0 Å². The molecular weight excluding hydrogens is 321 g/mol. The van der Waals surface area contributed by atoms with Gasteiger partial charge in [-0.05, 0) is 49.2 Å². The smallest absolute Gasteiger partial charge is 0.411 e. The first-order valence-electron chi connectivity index (χ1n) is 6.94. The molecule has 0 atom stereocenters. The van der Waals surface area contributed by atoms with E-state index in [2.05, 4.69) is 10.1 Å². The van der Waals surface area contributed by atoms with E-state index in [0.29, 0.717) is 10.8 Å². The van der Waals surface area contributed by atoms with Gasteiger partial charge in [0.2, 0.25) is 0 Å². The minimum Gasteiger partial charge on any atom is -0.487 e. The van der Waals surface area contributed by atoms with Gasteiger partial charge in [-0.2, -0.15) is 0 Å². The van der Waals surface area contributed by atoms with E-state index >= 15 is 0 Å². The predicted molar refractivity (Wildman–Crippen MR) is 87.7 cm³/mol. The summed E-state index contributed by atoms with van der Waals surface area (Å²) in [5.74, 6) is -0.0269. The average molecular weight is 338 g/mol. The Kier molecular flexibility index (Phi) is 5.45. The van der Waals surface area contributed by atoms with Gasteiger partial charge >= 0.3 is 6.09 Å². The highest BCUT2D eigenvalue weighted by atomic mass is 35.5. The van der Waals surface area contributed by atoms with Crippen LogP contribution < -0.4 is 10.1 Å². The van der Waals surface area contributed by atoms with Crippen LogP contribution in [0.4, 0.5) is 14.9 Å². The highest BCUT2D eigenvalue weighted by Crippen LogP contribution is 2.29. The van der Waals surface area contributed by atoms with Gasteiger partial charge in [0.15, 0.2) is 0 Å². The first-order chi connectivity index (χ1) is 10.9. The largest absolute Gasteiger partial charge is 0.487 e. The summed E-state index contributed by atoms with van der Waals surface area (Å²) in [5.41, 5.74) is 2.57. The molecule has 0 aliphatic carbocycles. The molecule has 0 unspecified atom stereocenters. The summed E-state index contributed by atoms with van der Waals surface area (Å²) in [5, 5.41) is 2.91. The molecule has 1 amide bonds. The van der Waals surface area contributed by atoms with Crippen LogP contribution in [0.15, 0.2) is 30.3 Å². The molecule has 6 heteroatoms. The maximum atomic E-state index is 14.0. The molecule has 2 aromatic carbocycles. The van der Waals surface area contributed by atoms with E-state index in [1.165, 1.54) is 19.2 Å². The molecule has 0 spiro atoms. The number of aryl methyl sites for hydroxylation is 2. The van der Waals surface area contributed by atoms with Crippen LogP contribution >= 0.6 is 11.6 Å². The second-order valence-corrected chi connectivity index (χ2v) is 5.45. The lowest BCUT2D eigenvalue weighted by molar-refractivity contribution is 0.187. The molecule has 0 fully saturated rings. The number of halogens is 2. The summed E-state index contributed by atoms with van der Waals surface area (Å²) in [4.78, 5) is 11.3. The van der Waals surface area contributed by atoms with Gasteiger partial charge in [-0.1, -0.05) is 17.7 Å². The summed E-state index contributed by atoms with van der Waals surface area (Å²) in [6.07, 6.45) is -0.680. The molecule has 122 valence electrons. The Labute approximate surface area is 139 Å². The van der Waals surface area contributed by atoms with Gasteiger partial charge in [-0.3, -0.25) is 5.32 Å². The summed E-state index contributed by atoms with van der Waals surface area (Å²) >= 11 is 6.15. The standard InChI is InChI=1S/C17H17ClFNO3/c1-10-7-13(18)16(8-11(10)2)23-9-12-14(19)5-4-6-15(12)20-17(21)22-3/h4-8H,9H2,1-3H3,(H,20,21). The Morgan fingerprint density at radius 3 is 2.65 bits per heavy atom. The zero-order chi connectivity index (χ0) is 17.0. The van der Waals surface area contributed by atoms with E-state index in [4.69, 9.17) is 16.3 Å². The number of hydrogen-bond donors (Lipinski definition) is 1. The van der Waals surface area contributed by atoms with Crippen molar-refractivity contribution in [2.24, 2.45) is 0 Å². The number of benzene rings is 2. The van der Waals surface area contributed by atoms with Crippen LogP contribution in [-0.2, 0) is 11.3 Å². The van der Waals surface area contributed by atoms with Gasteiger partial charge in [0.25, 0.3) is 0 Å². The molecule has 0 saturated carbocycles. The molecule has 2 aromatic rings. The Hall–Kier alpha value is -2.27. The van der Waals surface area contributed by atoms with Crippen molar-refractivity contribution < 1.29 is 18.7 Å². The summed E-state index contributed by atoms with van der Waals surface area (Å²) < 4.78 is 24.2. The first kappa shape index (κ1) is 17.1. The molecule has 4 nitrogen and oxygen atoms in total. The first-order valence-corrected chi connectivity index (χ1v) is 7.32. The molecule has 0 aliphatic heterocycles. The van der Waals surface area contributed by atoms with Crippen LogP contribution in [0.1, 0.15) is 16.7 Å². The summed E-state index contributed by atoms with van der Waals surface area (Å²) in [6.45, 7) is 3.81. The van der Waals surface area contributed by atoms with Crippen molar-refractivity contribution in [2.45, 2.75) is 20.5 Å². The molecule has 0 aromatic heterocycles. The van der Waals surface area contributed by atoms with Gasteiger partial charge in [0.1, 0.15) is 18.2 Å². The Bertz CT molecular complexity index is 734. The fourth-order valence-corrected chi connectivity index (χ4v) is 2.27. The van der Waals surface area contributed by atoms with E-state index in [0.717, 1.165) is 11.1 Å². The van der Waals surface area contributed by atoms with Gasteiger partial charge < -0.3 is 9.47 Å². The fraction of sp³-hybridized carbons (Fsp3) is 0.235. The quantitative estimate of drug-likeness (QED) is 0.867. The molecule has 0 heterocycles. The highest BCUT2D eigenvalue weighted by molar-refractivity contribution is 6.32. The number of amides is 1. The molecule has 0 radical (unpaired) electrons. The van der Waals surface area contributed by atoms with Crippen LogP contribution in [0.2, 0.25) is 5.02 Å². The highest BCUT2D eigenvalue weighted by Gasteiger charge is 2.13. The summed E-state index contributed by atoms with van der Waals surface area (Å²) in [7, 11) is 1.24. The SMILES string of the molecule is COC(=O)Nc1cccc(F)c1COc1cc(C)c(C)cc1Cl. The molecule has 1 N–H and O–H groups in total. The Morgan fingerprint density at radius 1 is 1.26 bits per heavy atom. The maximum absolute atomic E-state index is 14.0. The second-order valence-electron chi connectivity index (χ2n) is 5.04. The second kappa shape index (κ2) is 7.33. The van der Waals surface area contributed by atoms with Crippen LogP contribution in [0.5, 0.6) is 5.75 Å². The van der Waals surface area contributed by atoms with Crippen molar-refractivity contribution >= 4 is 23.4 Å². The van der Waals surface area contributed by atoms with E-state index in [9.17, 15) is 9.18 Å². The summed E-state index contributed by atoms with van der Waals surface area (Å²) in [6, 6.07) is 7.95. The lowest BCUT2D eigenvalue weighted by Gasteiger charge is -2.14. The van der Waals surface area contributed by atoms with Gasteiger partial charge in [0, 0.05) is 5.56 Å². The number of rotatable bonds is 4. The third-order valence-electron chi connectivity index (χ3n) is 3.46. The van der Waals surface area contributed by atoms with Gasteiger partial charge in [-0.25, -0.2) is 9.18 Å². The zero-order valence-electron chi connectivity index (χ0n) is 13.1. The van der Waals surface area contributed by atoms with Crippen molar-refractivity contribution in [2.75, 3.05) is 12.4 Å². The van der Waals surface area contributed by atoms with Gasteiger partial charge in [-0.15, -0.1) is 0 Å². The average Bonchev–Trinajstić information content (AvgIpc) is 2.51. The number of hydrogen-bond acceptors (Lipinski definition) is 3. The van der Waals surface area contributed by atoms with E-state index < -0.39 is 11.9 Å². The van der Waals surface area contributed by atoms with E-state index in [1.54, 1.807) is 18.2 Å². The molecule has 0 saturated heterocycles. The van der Waals surface area contributed by atoms with E-state index in [-0.39, 0.29) is 17.9 Å². The number of carbonyl (C=O) groups excluding carboxylic acids is 1. The minimum absolute atomic E-state index is 0.0752. The number of methoxy groups -OCH3 is 1. The van der Waals surface area contributed by atoms with Crippen molar-refractivity contribution in [1.29, 1.82) is 0 Å². The number of carbonyl (C=O) groups is 1. The van der Waals surface area contributed by atoms with Crippen LogP contribution in [-0.4, -0.2) is 13.2 Å². The van der Waals surface area contributed by atoms with Gasteiger partial charge in [0.05, 0.1) is 17.8 Å². The number of ether oxygens (including phenoxy) is 2. The van der Waals surface area contributed by atoms with Crippen molar-refractivity contribution in [3.8, 4) is 5.75 Å². The number of anilines is 1. The Morgan fingerprint density at radius 2 is 1.96 bits per heavy atom. The normalized spacial score (nSPS) is 10.3. The molecule has 2 rings (SSSR count). The van der Waals surface area contributed by atoms with Crippen LogP contribution in [0.25, 0.3) is 0 Å². The lowest BCUT2D eigenvalue weighted by atomic mass is 10.1.